The lowest BCUT2D eigenvalue weighted by atomic mass is 10.1. The van der Waals surface area contributed by atoms with Crippen molar-refractivity contribution in [2.45, 2.75) is 6.18 Å². The van der Waals surface area contributed by atoms with Crippen molar-refractivity contribution in [3.05, 3.63) is 40.9 Å². The second-order valence-corrected chi connectivity index (χ2v) is 2.83. The van der Waals surface area contributed by atoms with E-state index in [-0.39, 0.29) is 5.56 Å². The molecule has 1 aromatic rings. The van der Waals surface area contributed by atoms with Gasteiger partial charge in [-0.15, -0.1) is 0 Å². The monoisotopic (exact) mass is 230 g/mol. The average molecular weight is 230 g/mol. The highest BCUT2D eigenvalue weighted by Gasteiger charge is 2.45. The van der Waals surface area contributed by atoms with Gasteiger partial charge in [-0.2, -0.15) is 18.0 Å². The minimum absolute atomic E-state index is 0.150. The number of hydrogen-bond donors (Lipinski definition) is 1. The van der Waals surface area contributed by atoms with Crippen LogP contribution in [0.1, 0.15) is 15.9 Å². The molecule has 0 unspecified atom stereocenters. The van der Waals surface area contributed by atoms with E-state index in [0.29, 0.717) is 0 Å². The summed E-state index contributed by atoms with van der Waals surface area (Å²) in [6.45, 7) is 0. The Hall–Kier alpha value is -2.14. The van der Waals surface area contributed by atoms with Crippen LogP contribution in [0.25, 0.3) is 5.53 Å². The van der Waals surface area contributed by atoms with Crippen LogP contribution in [0.3, 0.4) is 0 Å². The van der Waals surface area contributed by atoms with Crippen molar-refractivity contribution < 1.29 is 27.9 Å². The van der Waals surface area contributed by atoms with Gasteiger partial charge in [-0.25, -0.2) is 4.79 Å². The molecule has 0 aliphatic rings. The molecule has 1 aromatic carbocycles. The molecule has 0 atom stereocenters. The van der Waals surface area contributed by atoms with Gasteiger partial charge in [-0.3, -0.25) is 0 Å². The van der Waals surface area contributed by atoms with E-state index in [2.05, 4.69) is 4.79 Å². The van der Waals surface area contributed by atoms with Crippen LogP contribution < -0.4 is 0 Å². The number of carbonyl (C=O) groups is 1. The fraction of sp³-hybridized carbons (Fsp3) is 0.111. The number of alkyl halides is 3. The molecule has 0 aliphatic carbocycles. The molecular formula is C9H5F3N2O2. The first kappa shape index (κ1) is 11.9. The molecule has 0 amide bonds. The molecule has 0 fully saturated rings. The summed E-state index contributed by atoms with van der Waals surface area (Å²) in [6.07, 6.45) is -4.79. The highest BCUT2D eigenvalue weighted by molar-refractivity contribution is 6.01. The molecule has 1 N–H and O–H groups in total. The van der Waals surface area contributed by atoms with Gasteiger partial charge in [0.1, 0.15) is 0 Å². The SMILES string of the molecule is [N-]=[N+]=C(c1ccc(C(=O)O)cc1)C(F)(F)F. The van der Waals surface area contributed by atoms with Gasteiger partial charge in [-0.05, 0) is 24.3 Å². The van der Waals surface area contributed by atoms with Crippen LogP contribution >= 0.6 is 0 Å². The Morgan fingerprint density at radius 2 is 1.62 bits per heavy atom. The molecule has 0 saturated heterocycles. The minimum Gasteiger partial charge on any atom is -0.478 e. The van der Waals surface area contributed by atoms with Crippen molar-refractivity contribution in [2.24, 2.45) is 0 Å². The van der Waals surface area contributed by atoms with E-state index < -0.39 is 23.4 Å². The van der Waals surface area contributed by atoms with Gasteiger partial charge in [0.25, 0.3) is 0 Å². The molecule has 4 nitrogen and oxygen atoms in total. The quantitative estimate of drug-likeness (QED) is 0.479. The van der Waals surface area contributed by atoms with Crippen molar-refractivity contribution >= 4 is 11.7 Å². The number of hydrogen-bond acceptors (Lipinski definition) is 1. The third kappa shape index (κ3) is 2.46. The second kappa shape index (κ2) is 4.16. The van der Waals surface area contributed by atoms with E-state index in [4.69, 9.17) is 10.6 Å². The fourth-order valence-corrected chi connectivity index (χ4v) is 1.05. The summed E-state index contributed by atoms with van der Waals surface area (Å²) in [4.78, 5) is 12.6. The van der Waals surface area contributed by atoms with E-state index in [1.54, 1.807) is 0 Å². The number of benzene rings is 1. The fourth-order valence-electron chi connectivity index (χ4n) is 1.05. The third-order valence-corrected chi connectivity index (χ3v) is 1.77. The Morgan fingerprint density at radius 3 is 1.94 bits per heavy atom. The maximum Gasteiger partial charge on any atom is 0.495 e. The van der Waals surface area contributed by atoms with Crippen LogP contribution in [-0.4, -0.2) is 27.8 Å². The second-order valence-electron chi connectivity index (χ2n) is 2.83. The van der Waals surface area contributed by atoms with E-state index >= 15 is 0 Å². The molecule has 1 rings (SSSR count). The maximum atomic E-state index is 12.3. The van der Waals surface area contributed by atoms with Crippen molar-refractivity contribution in [1.29, 1.82) is 0 Å². The predicted molar refractivity (Wildman–Crippen MR) is 47.2 cm³/mol. The molecule has 0 spiro atoms. The number of carboxylic acid groups (broad SMARTS) is 1. The van der Waals surface area contributed by atoms with E-state index in [0.717, 1.165) is 24.3 Å². The van der Waals surface area contributed by atoms with Crippen molar-refractivity contribution in [1.82, 2.24) is 0 Å². The van der Waals surface area contributed by atoms with Gasteiger partial charge in [0.2, 0.25) is 0 Å². The zero-order valence-electron chi connectivity index (χ0n) is 7.69. The van der Waals surface area contributed by atoms with Gasteiger partial charge in [0.05, 0.1) is 11.1 Å². The first-order valence-electron chi connectivity index (χ1n) is 3.99. The Kier molecular flexibility index (Phi) is 3.10. The lowest BCUT2D eigenvalue weighted by molar-refractivity contribution is -0.111. The summed E-state index contributed by atoms with van der Waals surface area (Å²) in [6, 6.07) is 3.83. The van der Waals surface area contributed by atoms with Crippen LogP contribution in [0.2, 0.25) is 0 Å². The Balaban J connectivity index is 3.16. The van der Waals surface area contributed by atoms with Crippen LogP contribution in [0.15, 0.2) is 24.3 Å². The first-order valence-corrected chi connectivity index (χ1v) is 3.99. The van der Waals surface area contributed by atoms with Crippen molar-refractivity contribution in [3.8, 4) is 0 Å². The van der Waals surface area contributed by atoms with Crippen molar-refractivity contribution in [3.63, 3.8) is 0 Å². The molecule has 7 heteroatoms. The topological polar surface area (TPSA) is 73.7 Å². The van der Waals surface area contributed by atoms with E-state index in [9.17, 15) is 18.0 Å². The molecule has 0 aliphatic heterocycles. The van der Waals surface area contributed by atoms with Crippen LogP contribution in [0.4, 0.5) is 13.2 Å². The number of rotatable bonds is 2. The number of nitrogens with zero attached hydrogens (tertiary/aromatic N) is 2. The summed E-state index contributed by atoms with van der Waals surface area (Å²) in [5.74, 6) is -1.25. The summed E-state index contributed by atoms with van der Waals surface area (Å²) in [5, 5.41) is 8.53. The van der Waals surface area contributed by atoms with Crippen molar-refractivity contribution in [2.75, 3.05) is 0 Å². The summed E-state index contributed by atoms with van der Waals surface area (Å²) in [5.41, 5.74) is 6.22. The molecule has 84 valence electrons. The lowest BCUT2D eigenvalue weighted by Gasteiger charge is -2.01. The molecule has 16 heavy (non-hydrogen) atoms. The van der Waals surface area contributed by atoms with Gasteiger partial charge < -0.3 is 10.6 Å². The molecule has 0 heterocycles. The average Bonchev–Trinajstić information content (AvgIpc) is 2.17. The van der Waals surface area contributed by atoms with Gasteiger partial charge >= 0.3 is 17.9 Å². The molecule has 0 bridgehead atoms. The Morgan fingerprint density at radius 1 is 1.19 bits per heavy atom. The minimum atomic E-state index is -4.79. The zero-order valence-corrected chi connectivity index (χ0v) is 7.69. The molecule has 0 saturated carbocycles. The maximum absolute atomic E-state index is 12.3. The predicted octanol–water partition coefficient (Wildman–Crippen LogP) is 1.97. The molecule has 0 aromatic heterocycles. The normalized spacial score (nSPS) is 10.7. The summed E-state index contributed by atoms with van der Waals surface area (Å²) in [7, 11) is 0. The zero-order chi connectivity index (χ0) is 12.3. The highest BCUT2D eigenvalue weighted by Crippen LogP contribution is 2.21. The largest absolute Gasteiger partial charge is 0.495 e. The van der Waals surface area contributed by atoms with E-state index in [1.807, 2.05) is 0 Å². The standard InChI is InChI=1S/C9H5F3N2O2/c10-9(11,12)7(14-13)5-1-3-6(4-2-5)8(15)16/h1-4H,(H,15,16). The van der Waals surface area contributed by atoms with Gasteiger partial charge in [0, 0.05) is 0 Å². The highest BCUT2D eigenvalue weighted by atomic mass is 19.4. The van der Waals surface area contributed by atoms with Gasteiger partial charge in [-0.1, -0.05) is 0 Å². The number of halogens is 3. The Labute approximate surface area is 87.6 Å². The summed E-state index contributed by atoms with van der Waals surface area (Å²) < 4.78 is 36.8. The lowest BCUT2D eigenvalue weighted by Crippen LogP contribution is -2.25. The van der Waals surface area contributed by atoms with Crippen LogP contribution in [0, 0.1) is 0 Å². The van der Waals surface area contributed by atoms with Crippen LogP contribution in [0.5, 0.6) is 0 Å². The number of carboxylic acids is 1. The van der Waals surface area contributed by atoms with Crippen LogP contribution in [-0.2, 0) is 0 Å². The first-order chi connectivity index (χ1) is 7.36. The molecular weight excluding hydrogens is 225 g/mol. The Bertz CT molecular complexity index is 459. The summed E-state index contributed by atoms with van der Waals surface area (Å²) >= 11 is 0. The smallest absolute Gasteiger partial charge is 0.478 e. The third-order valence-electron chi connectivity index (χ3n) is 1.77. The van der Waals surface area contributed by atoms with E-state index in [1.165, 1.54) is 0 Å². The number of aromatic carboxylic acids is 1. The van der Waals surface area contributed by atoms with Gasteiger partial charge in [0.15, 0.2) is 0 Å². The molecule has 0 radical (unpaired) electrons.